The average molecular weight is 326 g/mol. The van der Waals surface area contributed by atoms with Gasteiger partial charge in [0.15, 0.2) is 5.78 Å². The van der Waals surface area contributed by atoms with E-state index in [1.54, 1.807) is 12.1 Å². The minimum atomic E-state index is -1.39. The van der Waals surface area contributed by atoms with Crippen LogP contribution in [0, 0.1) is 0 Å². The molecule has 0 saturated heterocycles. The van der Waals surface area contributed by atoms with Gasteiger partial charge in [0.05, 0.1) is 13.2 Å². The number of aliphatic hydroxyl groups is 4. The third-order valence-corrected chi connectivity index (χ3v) is 3.51. The first-order chi connectivity index (χ1) is 10.8. The molecule has 0 bridgehead atoms. The molecule has 0 amide bonds. The van der Waals surface area contributed by atoms with Crippen molar-refractivity contribution in [2.45, 2.75) is 44.5 Å². The third-order valence-electron chi connectivity index (χ3n) is 3.51. The molecule has 23 heavy (non-hydrogen) atoms. The Hall–Kier alpha value is -1.31. The van der Waals surface area contributed by atoms with E-state index in [1.165, 1.54) is 13.8 Å². The van der Waals surface area contributed by atoms with Crippen LogP contribution in [0.1, 0.15) is 36.2 Å². The van der Waals surface area contributed by atoms with Crippen molar-refractivity contribution in [3.63, 3.8) is 0 Å². The van der Waals surface area contributed by atoms with Crippen LogP contribution < -0.4 is 0 Å². The molecule has 0 heterocycles. The summed E-state index contributed by atoms with van der Waals surface area (Å²) in [5, 5.41) is 36.9. The quantitative estimate of drug-likeness (QED) is 0.364. The summed E-state index contributed by atoms with van der Waals surface area (Å²) in [5.41, 5.74) is 0.0930. The van der Waals surface area contributed by atoms with Gasteiger partial charge < -0.3 is 25.2 Å². The molecule has 4 N–H and O–H groups in total. The highest BCUT2D eigenvalue weighted by Crippen LogP contribution is 2.14. The Labute approximate surface area is 136 Å². The minimum Gasteiger partial charge on any atom is -0.394 e. The van der Waals surface area contributed by atoms with Crippen molar-refractivity contribution in [1.82, 2.24) is 0 Å². The van der Waals surface area contributed by atoms with Gasteiger partial charge in [-0.1, -0.05) is 24.3 Å². The first kappa shape index (κ1) is 19.7. The van der Waals surface area contributed by atoms with Crippen LogP contribution in [0.5, 0.6) is 0 Å². The van der Waals surface area contributed by atoms with Crippen molar-refractivity contribution >= 4 is 5.78 Å². The molecule has 2 atom stereocenters. The first-order valence-electron chi connectivity index (χ1n) is 7.67. The van der Waals surface area contributed by atoms with Crippen LogP contribution in [0.2, 0.25) is 0 Å². The summed E-state index contributed by atoms with van der Waals surface area (Å²) in [4.78, 5) is 11.9. The van der Waals surface area contributed by atoms with Crippen LogP contribution in [0.15, 0.2) is 24.3 Å². The summed E-state index contributed by atoms with van der Waals surface area (Å²) in [5.74, 6) is -0.323. The number of aryl methyl sites for hydroxylation is 1. The van der Waals surface area contributed by atoms with Crippen LogP contribution in [-0.4, -0.2) is 63.8 Å². The molecule has 1 rings (SSSR count). The van der Waals surface area contributed by atoms with Crippen LogP contribution in [0.3, 0.4) is 0 Å². The fourth-order valence-corrected chi connectivity index (χ4v) is 2.09. The fraction of sp³-hybridized carbons (Fsp3) is 0.588. The molecule has 0 radical (unpaired) electrons. The summed E-state index contributed by atoms with van der Waals surface area (Å²) in [6.07, 6.45) is -0.489. The van der Waals surface area contributed by atoms with Crippen molar-refractivity contribution in [3.05, 3.63) is 35.4 Å². The smallest absolute Gasteiger partial charge is 0.193 e. The Morgan fingerprint density at radius 1 is 1.17 bits per heavy atom. The van der Waals surface area contributed by atoms with E-state index in [0.29, 0.717) is 25.0 Å². The van der Waals surface area contributed by atoms with Gasteiger partial charge in [0, 0.05) is 12.2 Å². The zero-order valence-corrected chi connectivity index (χ0v) is 13.6. The molecule has 1 aromatic rings. The van der Waals surface area contributed by atoms with E-state index in [1.807, 2.05) is 12.1 Å². The number of ether oxygens (including phenoxy) is 1. The lowest BCUT2D eigenvalue weighted by Gasteiger charge is -2.19. The summed E-state index contributed by atoms with van der Waals surface area (Å²) in [7, 11) is 0. The number of carbonyl (C=O) groups is 1. The topological polar surface area (TPSA) is 107 Å². The molecule has 1 aromatic carbocycles. The molecule has 2 unspecified atom stereocenters. The van der Waals surface area contributed by atoms with Crippen LogP contribution in [0.4, 0.5) is 0 Å². The molecule has 0 saturated carbocycles. The number of aliphatic hydroxyl groups excluding tert-OH is 3. The van der Waals surface area contributed by atoms with Crippen LogP contribution in [-0.2, 0) is 11.2 Å². The number of carbonyl (C=O) groups excluding carboxylic acids is 1. The average Bonchev–Trinajstić information content (AvgIpc) is 2.53. The Morgan fingerprint density at radius 2 is 1.78 bits per heavy atom. The maximum atomic E-state index is 11.9. The highest BCUT2D eigenvalue weighted by atomic mass is 16.5. The Bertz CT molecular complexity index is 477. The highest BCUT2D eigenvalue weighted by molar-refractivity contribution is 6.01. The zero-order chi connectivity index (χ0) is 17.5. The third kappa shape index (κ3) is 6.37. The molecule has 130 valence electrons. The normalized spacial score (nSPS) is 14.5. The second kappa shape index (κ2) is 9.10. The second-order valence-corrected chi connectivity index (χ2v) is 6.03. The highest BCUT2D eigenvalue weighted by Gasteiger charge is 2.24. The zero-order valence-electron chi connectivity index (χ0n) is 13.6. The van der Waals surface area contributed by atoms with Crippen LogP contribution in [0.25, 0.3) is 0 Å². The number of ketones is 1. The molecule has 6 heteroatoms. The van der Waals surface area contributed by atoms with Gasteiger partial charge in [-0.05, 0) is 32.3 Å². The van der Waals surface area contributed by atoms with Crippen molar-refractivity contribution in [3.8, 4) is 0 Å². The largest absolute Gasteiger partial charge is 0.394 e. The minimum absolute atomic E-state index is 0.323. The van der Waals surface area contributed by atoms with E-state index in [2.05, 4.69) is 0 Å². The predicted molar refractivity (Wildman–Crippen MR) is 85.3 cm³/mol. The van der Waals surface area contributed by atoms with Gasteiger partial charge in [0.25, 0.3) is 0 Å². The maximum Gasteiger partial charge on any atom is 0.193 e. The van der Waals surface area contributed by atoms with Crippen molar-refractivity contribution in [2.24, 2.45) is 0 Å². The van der Waals surface area contributed by atoms with Gasteiger partial charge in [0.1, 0.15) is 17.8 Å². The van der Waals surface area contributed by atoms with Gasteiger partial charge in [-0.15, -0.1) is 0 Å². The fourth-order valence-electron chi connectivity index (χ4n) is 2.09. The summed E-state index contributed by atoms with van der Waals surface area (Å²) in [6, 6.07) is 7.02. The molecule has 0 spiro atoms. The first-order valence-corrected chi connectivity index (χ1v) is 7.67. The number of hydrogen-bond donors (Lipinski definition) is 4. The molecule has 0 fully saturated rings. The van der Waals surface area contributed by atoms with E-state index >= 15 is 0 Å². The molecule has 0 aromatic heterocycles. The molecular weight excluding hydrogens is 300 g/mol. The standard InChI is InChI=1S/C17H26O6/c1-17(2,22)16(21)13-7-5-12(6-8-13)4-3-9-23-15(11-19)14(20)10-18/h5-8,14-15,18-20,22H,3-4,9-11H2,1-2H3. The lowest BCUT2D eigenvalue weighted by Crippen LogP contribution is -2.35. The second-order valence-electron chi connectivity index (χ2n) is 6.03. The maximum absolute atomic E-state index is 11.9. The lowest BCUT2D eigenvalue weighted by atomic mass is 9.95. The Morgan fingerprint density at radius 3 is 2.26 bits per heavy atom. The molecule has 0 aliphatic carbocycles. The van der Waals surface area contributed by atoms with Gasteiger partial charge in [0.2, 0.25) is 0 Å². The summed E-state index contributed by atoms with van der Waals surface area (Å²) in [6.45, 7) is 2.45. The van der Waals surface area contributed by atoms with Gasteiger partial charge in [-0.3, -0.25) is 4.79 Å². The number of benzene rings is 1. The van der Waals surface area contributed by atoms with E-state index in [0.717, 1.165) is 5.56 Å². The molecule has 0 aliphatic heterocycles. The van der Waals surface area contributed by atoms with E-state index in [4.69, 9.17) is 14.9 Å². The van der Waals surface area contributed by atoms with E-state index in [9.17, 15) is 15.0 Å². The number of hydrogen-bond acceptors (Lipinski definition) is 6. The Kier molecular flexibility index (Phi) is 7.81. The molecule has 0 aliphatic rings. The van der Waals surface area contributed by atoms with E-state index < -0.39 is 24.4 Å². The van der Waals surface area contributed by atoms with Crippen LogP contribution >= 0.6 is 0 Å². The lowest BCUT2D eigenvalue weighted by molar-refractivity contribution is -0.0798. The SMILES string of the molecule is CC(C)(O)C(=O)c1ccc(CCCOC(CO)C(O)CO)cc1. The monoisotopic (exact) mass is 326 g/mol. The van der Waals surface area contributed by atoms with Crippen molar-refractivity contribution in [1.29, 1.82) is 0 Å². The van der Waals surface area contributed by atoms with E-state index in [-0.39, 0.29) is 12.4 Å². The van der Waals surface area contributed by atoms with Gasteiger partial charge in [-0.25, -0.2) is 0 Å². The molecule has 6 nitrogen and oxygen atoms in total. The molecular formula is C17H26O6. The van der Waals surface area contributed by atoms with Gasteiger partial charge in [-0.2, -0.15) is 0 Å². The Balaban J connectivity index is 2.43. The summed E-state index contributed by atoms with van der Waals surface area (Å²) >= 11 is 0. The number of Topliss-reactive ketones (excluding diaryl/α,β-unsaturated/α-hetero) is 1. The predicted octanol–water partition coefficient (Wildman–Crippen LogP) is 0.303. The van der Waals surface area contributed by atoms with Crippen molar-refractivity contribution < 1.29 is 30.0 Å². The summed E-state index contributed by atoms with van der Waals surface area (Å²) < 4.78 is 5.33. The number of rotatable bonds is 10. The van der Waals surface area contributed by atoms with Crippen molar-refractivity contribution in [2.75, 3.05) is 19.8 Å². The van der Waals surface area contributed by atoms with Gasteiger partial charge >= 0.3 is 0 Å².